The number of ether oxygens (including phenoxy) is 6. The summed E-state index contributed by atoms with van der Waals surface area (Å²) >= 11 is 0. The minimum absolute atomic E-state index is 0.00321. The van der Waals surface area contributed by atoms with Crippen LogP contribution in [0.15, 0.2) is 12.2 Å². The van der Waals surface area contributed by atoms with Gasteiger partial charge in [-0.15, -0.1) is 0 Å². The number of unbranched alkanes of at least 4 members (excludes halogenated alkanes) is 8. The van der Waals surface area contributed by atoms with Gasteiger partial charge in [-0.3, -0.25) is 9.59 Å². The monoisotopic (exact) mass is 1050 g/mol. The van der Waals surface area contributed by atoms with Gasteiger partial charge in [-0.2, -0.15) is 0 Å². The van der Waals surface area contributed by atoms with Gasteiger partial charge in [0.25, 0.3) is 0 Å². The Morgan fingerprint density at radius 3 is 1.42 bits per heavy atom. The maximum atomic E-state index is 11.6. The third-order valence-electron chi connectivity index (χ3n) is 16.5. The fourth-order valence-corrected chi connectivity index (χ4v) is 12.0. The Bertz CT molecular complexity index is 1510. The molecular weight excluding hydrogens is 945 g/mol. The molecule has 72 heavy (non-hydrogen) atoms. The molecule has 2 aliphatic carbocycles. The van der Waals surface area contributed by atoms with Crippen molar-refractivity contribution in [2.24, 2.45) is 23.7 Å². The molecule has 4 rings (SSSR count). The molecule has 2 saturated carbocycles. The summed E-state index contributed by atoms with van der Waals surface area (Å²) in [5.41, 5.74) is 0. The van der Waals surface area contributed by atoms with Crippen molar-refractivity contribution in [2.75, 3.05) is 26.4 Å². The van der Waals surface area contributed by atoms with E-state index in [0.29, 0.717) is 38.9 Å². The highest BCUT2D eigenvalue weighted by Gasteiger charge is 2.48. The predicted octanol–water partition coefficient (Wildman–Crippen LogP) is 13.8. The van der Waals surface area contributed by atoms with Gasteiger partial charge in [-0.25, -0.2) is 0 Å². The van der Waals surface area contributed by atoms with Crippen LogP contribution in [0, 0.1) is 23.7 Å². The van der Waals surface area contributed by atoms with Crippen LogP contribution in [0.3, 0.4) is 0 Å². The zero-order chi connectivity index (χ0) is 53.5. The fraction of sp³-hybridized carbons (Fsp3) is 0.931. The van der Waals surface area contributed by atoms with Gasteiger partial charge in [0.1, 0.15) is 0 Å². The van der Waals surface area contributed by atoms with Crippen molar-refractivity contribution in [3.8, 4) is 0 Å². The standard InChI is InChI=1S/C29H56O6Si.C29H54O6Si/c2*1-22(2)34-27(31)17-13-11-9-8-10-12-16-23-24(21-33-36(6,7)29(3,4)5)26(20-25(23)30)35-28-18-14-15-19-32-28/h22-26,28,30H,8-21H2,1-7H3;10,12,22-26,28,30H,8-9,11,13-21H2,1-7H3/b;12-10-/t2*23?,24-,25?,26?,28?/m11/s1. The highest BCUT2D eigenvalue weighted by atomic mass is 28.4. The normalized spacial score (nSPS) is 27.6. The number of aliphatic hydroxyl groups is 2. The third-order valence-corrected chi connectivity index (χ3v) is 25.5. The minimum Gasteiger partial charge on any atom is -0.463 e. The molecule has 2 saturated heterocycles. The van der Waals surface area contributed by atoms with E-state index in [1.165, 1.54) is 6.42 Å². The zero-order valence-electron chi connectivity index (χ0n) is 48.4. The maximum absolute atomic E-state index is 11.6. The lowest BCUT2D eigenvalue weighted by Crippen LogP contribution is -2.44. The molecule has 0 aromatic rings. The van der Waals surface area contributed by atoms with Crippen molar-refractivity contribution in [2.45, 2.75) is 296 Å². The summed E-state index contributed by atoms with van der Waals surface area (Å²) in [5, 5.41) is 22.3. The summed E-state index contributed by atoms with van der Waals surface area (Å²) in [6, 6.07) is 0. The van der Waals surface area contributed by atoms with Crippen molar-refractivity contribution in [3.63, 3.8) is 0 Å². The van der Waals surface area contributed by atoms with Gasteiger partial charge in [0.2, 0.25) is 0 Å². The summed E-state index contributed by atoms with van der Waals surface area (Å²) < 4.78 is 48.3. The number of carbonyl (C=O) groups is 2. The van der Waals surface area contributed by atoms with Gasteiger partial charge in [0.05, 0.1) is 36.6 Å². The quantitative estimate of drug-likeness (QED) is 0.0318. The summed E-state index contributed by atoms with van der Waals surface area (Å²) in [6.45, 7) is 33.2. The first-order valence-electron chi connectivity index (χ1n) is 29.0. The van der Waals surface area contributed by atoms with Gasteiger partial charge >= 0.3 is 11.9 Å². The molecule has 2 heterocycles. The van der Waals surface area contributed by atoms with E-state index in [4.69, 9.17) is 37.3 Å². The fourth-order valence-electron chi connectivity index (χ4n) is 9.96. The van der Waals surface area contributed by atoms with E-state index < -0.39 is 16.6 Å². The second-order valence-corrected chi connectivity index (χ2v) is 35.0. The molecule has 0 radical (unpaired) electrons. The van der Waals surface area contributed by atoms with Gasteiger partial charge in [0, 0.05) is 63.9 Å². The second-order valence-electron chi connectivity index (χ2n) is 25.4. The molecule has 0 aromatic carbocycles. The average Bonchev–Trinajstić information content (AvgIpc) is 3.75. The largest absolute Gasteiger partial charge is 0.463 e. The van der Waals surface area contributed by atoms with Gasteiger partial charge in [-0.1, -0.05) is 92.2 Å². The molecule has 0 bridgehead atoms. The van der Waals surface area contributed by atoms with Crippen molar-refractivity contribution in [3.05, 3.63) is 12.2 Å². The SMILES string of the molecule is CC(C)OC(=O)CCCCC/C=C\CC1C(O)CC(OC2CCCCO2)[C@@H]1CO[Si](C)(C)C(C)(C)C.CC(C)OC(=O)CCCCCCCCC1C(O)CC(OC2CCCCO2)[C@@H]1CO[Si](C)(C)C(C)(C)C. The molecule has 10 atom stereocenters. The van der Waals surface area contributed by atoms with E-state index in [2.05, 4.69) is 79.9 Å². The number of hydrogen-bond acceptors (Lipinski definition) is 12. The highest BCUT2D eigenvalue weighted by molar-refractivity contribution is 6.74. The minimum atomic E-state index is -1.90. The Kier molecular flexibility index (Phi) is 29.4. The van der Waals surface area contributed by atoms with E-state index in [0.717, 1.165) is 122 Å². The molecule has 4 aliphatic rings. The topological polar surface area (TPSA) is 148 Å². The third kappa shape index (κ3) is 24.0. The van der Waals surface area contributed by atoms with Crippen LogP contribution in [0.25, 0.3) is 0 Å². The maximum Gasteiger partial charge on any atom is 0.306 e. The summed E-state index contributed by atoms with van der Waals surface area (Å²) in [5.74, 6) is 0.543. The Labute approximate surface area is 442 Å². The van der Waals surface area contributed by atoms with Crippen molar-refractivity contribution >= 4 is 28.6 Å². The van der Waals surface area contributed by atoms with Crippen molar-refractivity contribution in [1.29, 1.82) is 0 Å². The number of allylic oxidation sites excluding steroid dienone is 2. The van der Waals surface area contributed by atoms with Crippen LogP contribution < -0.4 is 0 Å². The van der Waals surface area contributed by atoms with E-state index in [9.17, 15) is 19.8 Å². The van der Waals surface area contributed by atoms with Crippen LogP contribution in [0.2, 0.25) is 36.3 Å². The van der Waals surface area contributed by atoms with Gasteiger partial charge in [-0.05, 0) is 153 Å². The summed E-state index contributed by atoms with van der Waals surface area (Å²) in [4.78, 5) is 23.3. The molecule has 0 spiro atoms. The van der Waals surface area contributed by atoms with Crippen LogP contribution in [0.5, 0.6) is 0 Å². The van der Waals surface area contributed by atoms with Crippen LogP contribution in [-0.4, -0.2) is 114 Å². The molecule has 0 amide bonds. The molecule has 4 fully saturated rings. The Morgan fingerprint density at radius 1 is 0.569 bits per heavy atom. The molecule has 8 unspecified atom stereocenters. The van der Waals surface area contributed by atoms with Crippen molar-refractivity contribution in [1.82, 2.24) is 0 Å². The smallest absolute Gasteiger partial charge is 0.306 e. The molecular formula is C58H110O12Si2. The van der Waals surface area contributed by atoms with Gasteiger partial charge < -0.3 is 47.5 Å². The van der Waals surface area contributed by atoms with Crippen LogP contribution in [-0.2, 0) is 46.9 Å². The van der Waals surface area contributed by atoms with Crippen LogP contribution in [0.1, 0.15) is 210 Å². The lowest BCUT2D eigenvalue weighted by molar-refractivity contribution is -0.198. The molecule has 0 aromatic heterocycles. The van der Waals surface area contributed by atoms with E-state index in [1.54, 1.807) is 0 Å². The molecule has 422 valence electrons. The Hall–Kier alpha value is -1.21. The number of rotatable bonds is 29. The first-order chi connectivity index (χ1) is 33.8. The lowest BCUT2D eigenvalue weighted by Gasteiger charge is -2.38. The van der Waals surface area contributed by atoms with E-state index in [-0.39, 0.29) is 94.9 Å². The van der Waals surface area contributed by atoms with E-state index >= 15 is 0 Å². The molecule has 2 N–H and O–H groups in total. The molecule has 14 heteroatoms. The number of esters is 2. The summed E-state index contributed by atoms with van der Waals surface area (Å²) in [7, 11) is -3.78. The first kappa shape index (κ1) is 65.1. The lowest BCUT2D eigenvalue weighted by atomic mass is 9.89. The Balaban J connectivity index is 0.000000380. The highest BCUT2D eigenvalue weighted by Crippen LogP contribution is 2.44. The molecule has 2 aliphatic heterocycles. The number of carbonyl (C=O) groups excluding carboxylic acids is 2. The van der Waals surface area contributed by atoms with Crippen LogP contribution in [0.4, 0.5) is 0 Å². The number of hydrogen-bond donors (Lipinski definition) is 2. The number of aliphatic hydroxyl groups excluding tert-OH is 2. The summed E-state index contributed by atoms with van der Waals surface area (Å²) in [6.07, 6.45) is 24.4. The Morgan fingerprint density at radius 2 is 0.986 bits per heavy atom. The average molecular weight is 1060 g/mol. The first-order valence-corrected chi connectivity index (χ1v) is 34.8. The second kappa shape index (κ2) is 32.5. The zero-order valence-corrected chi connectivity index (χ0v) is 50.4. The predicted molar refractivity (Wildman–Crippen MR) is 295 cm³/mol. The van der Waals surface area contributed by atoms with Crippen molar-refractivity contribution < 1.29 is 57.1 Å². The van der Waals surface area contributed by atoms with Gasteiger partial charge in [0.15, 0.2) is 29.2 Å². The van der Waals surface area contributed by atoms with E-state index in [1.807, 2.05) is 27.7 Å². The molecule has 12 nitrogen and oxygen atoms in total. The van der Waals surface area contributed by atoms with Crippen LogP contribution >= 0.6 is 0 Å².